The predicted octanol–water partition coefficient (Wildman–Crippen LogP) is 4.57. The number of carbonyl (C=O) groups is 2. The molecule has 0 aliphatic carbocycles. The normalized spacial score (nSPS) is 11.2. The third-order valence-corrected chi connectivity index (χ3v) is 8.00. The lowest BCUT2D eigenvalue weighted by atomic mass is 10.2. The molecular formula is C21H18Cl2N2O5S2. The number of aryl methyl sites for hydroxylation is 1. The first kappa shape index (κ1) is 24.1. The Morgan fingerprint density at radius 2 is 1.81 bits per heavy atom. The first-order valence-electron chi connectivity index (χ1n) is 9.20. The molecule has 0 spiro atoms. The van der Waals surface area contributed by atoms with E-state index in [0.717, 1.165) is 21.2 Å². The molecule has 3 rings (SSSR count). The van der Waals surface area contributed by atoms with Gasteiger partial charge in [0.1, 0.15) is 11.4 Å². The highest BCUT2D eigenvalue weighted by molar-refractivity contribution is 7.92. The Kier molecular flexibility index (Phi) is 7.45. The Balaban J connectivity index is 1.88. The van der Waals surface area contributed by atoms with Crippen molar-refractivity contribution in [1.29, 1.82) is 0 Å². The number of hydrogen-bond donors (Lipinski definition) is 2. The van der Waals surface area contributed by atoms with Crippen molar-refractivity contribution in [3.8, 4) is 0 Å². The van der Waals surface area contributed by atoms with Gasteiger partial charge < -0.3 is 10.4 Å². The van der Waals surface area contributed by atoms with Gasteiger partial charge in [0, 0.05) is 6.54 Å². The van der Waals surface area contributed by atoms with Crippen LogP contribution in [0.5, 0.6) is 0 Å². The van der Waals surface area contributed by atoms with Crippen molar-refractivity contribution in [3.63, 3.8) is 0 Å². The SMILES string of the molecule is Cc1ccc(S(=O)(=O)N(CC(=O)NCc2csc(C(=O)O)c2)c2cccc(Cl)c2Cl)cc1. The molecule has 7 nitrogen and oxygen atoms in total. The van der Waals surface area contributed by atoms with E-state index in [1.165, 1.54) is 36.4 Å². The molecule has 1 aromatic heterocycles. The predicted molar refractivity (Wildman–Crippen MR) is 125 cm³/mol. The molecule has 2 aromatic carbocycles. The largest absolute Gasteiger partial charge is 0.477 e. The van der Waals surface area contributed by atoms with Gasteiger partial charge >= 0.3 is 5.97 Å². The Labute approximate surface area is 199 Å². The van der Waals surface area contributed by atoms with E-state index >= 15 is 0 Å². The quantitative estimate of drug-likeness (QED) is 0.459. The van der Waals surface area contributed by atoms with Gasteiger partial charge in [-0.3, -0.25) is 9.10 Å². The number of anilines is 1. The summed E-state index contributed by atoms with van der Waals surface area (Å²) in [6, 6.07) is 12.2. The monoisotopic (exact) mass is 512 g/mol. The zero-order valence-corrected chi connectivity index (χ0v) is 19.9. The number of carbonyl (C=O) groups excluding carboxylic acids is 1. The number of thiophene rings is 1. The van der Waals surface area contributed by atoms with E-state index in [1.54, 1.807) is 17.5 Å². The van der Waals surface area contributed by atoms with E-state index in [2.05, 4.69) is 5.32 Å². The molecule has 2 N–H and O–H groups in total. The molecule has 0 fully saturated rings. The Morgan fingerprint density at radius 1 is 1.12 bits per heavy atom. The molecule has 0 atom stereocenters. The summed E-state index contributed by atoms with van der Waals surface area (Å²) in [7, 11) is -4.14. The lowest BCUT2D eigenvalue weighted by Gasteiger charge is -2.25. The number of sulfonamides is 1. The number of nitrogens with one attached hydrogen (secondary N) is 1. The number of hydrogen-bond acceptors (Lipinski definition) is 5. The number of halogens is 2. The maximum Gasteiger partial charge on any atom is 0.345 e. The summed E-state index contributed by atoms with van der Waals surface area (Å²) in [5.41, 5.74) is 1.54. The molecule has 0 aliphatic heterocycles. The van der Waals surface area contributed by atoms with Crippen molar-refractivity contribution in [2.45, 2.75) is 18.4 Å². The number of rotatable bonds is 8. The first-order chi connectivity index (χ1) is 15.1. The summed E-state index contributed by atoms with van der Waals surface area (Å²) in [5, 5.41) is 13.4. The Hall–Kier alpha value is -2.59. The van der Waals surface area contributed by atoms with Crippen molar-refractivity contribution in [2.75, 3.05) is 10.8 Å². The van der Waals surface area contributed by atoms with Gasteiger partial charge in [0.2, 0.25) is 5.91 Å². The highest BCUT2D eigenvalue weighted by atomic mass is 35.5. The van der Waals surface area contributed by atoms with Crippen molar-refractivity contribution >= 4 is 62.1 Å². The van der Waals surface area contributed by atoms with Crippen LogP contribution in [0.15, 0.2) is 58.8 Å². The van der Waals surface area contributed by atoms with Gasteiger partial charge in [-0.15, -0.1) is 11.3 Å². The first-order valence-corrected chi connectivity index (χ1v) is 12.3. The van der Waals surface area contributed by atoms with E-state index in [4.69, 9.17) is 28.3 Å². The van der Waals surface area contributed by atoms with Crippen molar-refractivity contribution < 1.29 is 23.1 Å². The zero-order chi connectivity index (χ0) is 23.5. The minimum atomic E-state index is -4.14. The number of benzene rings is 2. The second-order valence-electron chi connectivity index (χ2n) is 6.80. The highest BCUT2D eigenvalue weighted by Crippen LogP contribution is 2.35. The maximum atomic E-state index is 13.4. The van der Waals surface area contributed by atoms with Crippen LogP contribution >= 0.6 is 34.5 Å². The van der Waals surface area contributed by atoms with Gasteiger partial charge in [0.15, 0.2) is 0 Å². The van der Waals surface area contributed by atoms with E-state index < -0.39 is 28.4 Å². The molecule has 0 saturated carbocycles. The highest BCUT2D eigenvalue weighted by Gasteiger charge is 2.29. The molecule has 1 amide bonds. The summed E-state index contributed by atoms with van der Waals surface area (Å²) in [6.45, 7) is 1.33. The Bertz CT molecular complexity index is 1260. The molecule has 0 aliphatic rings. The second kappa shape index (κ2) is 9.91. The number of aromatic carboxylic acids is 1. The van der Waals surface area contributed by atoms with Crippen LogP contribution in [-0.4, -0.2) is 31.9 Å². The average Bonchev–Trinajstić information content (AvgIpc) is 3.22. The molecular weight excluding hydrogens is 495 g/mol. The van der Waals surface area contributed by atoms with Crippen molar-refractivity contribution in [3.05, 3.63) is 80.0 Å². The topological polar surface area (TPSA) is 104 Å². The molecule has 3 aromatic rings. The summed E-state index contributed by atoms with van der Waals surface area (Å²) in [5.74, 6) is -1.65. The van der Waals surface area contributed by atoms with Gasteiger partial charge in [0.25, 0.3) is 10.0 Å². The van der Waals surface area contributed by atoms with Crippen LogP contribution in [0.4, 0.5) is 5.69 Å². The smallest absolute Gasteiger partial charge is 0.345 e. The Morgan fingerprint density at radius 3 is 2.44 bits per heavy atom. The van der Waals surface area contributed by atoms with Crippen molar-refractivity contribution in [1.82, 2.24) is 5.32 Å². The molecule has 0 saturated heterocycles. The number of carboxylic acids is 1. The number of carboxylic acid groups (broad SMARTS) is 1. The van der Waals surface area contributed by atoms with Crippen LogP contribution in [0.3, 0.4) is 0 Å². The standard InChI is InChI=1S/C21H18Cl2N2O5S2/c1-13-5-7-15(8-6-13)32(29,30)25(17-4-2-3-16(22)20(17)23)11-19(26)24-10-14-9-18(21(27)28)31-12-14/h2-9,12H,10-11H2,1H3,(H,24,26)(H,27,28). The zero-order valence-electron chi connectivity index (χ0n) is 16.7. The van der Waals surface area contributed by atoms with E-state index in [9.17, 15) is 18.0 Å². The average molecular weight is 513 g/mol. The third kappa shape index (κ3) is 5.42. The van der Waals surface area contributed by atoms with Gasteiger partial charge in [-0.1, -0.05) is 47.0 Å². The molecule has 1 heterocycles. The van der Waals surface area contributed by atoms with Crippen LogP contribution in [-0.2, 0) is 21.4 Å². The molecule has 11 heteroatoms. The van der Waals surface area contributed by atoms with Crippen LogP contribution in [0, 0.1) is 6.92 Å². The van der Waals surface area contributed by atoms with Gasteiger partial charge in [0.05, 0.1) is 20.6 Å². The van der Waals surface area contributed by atoms with Crippen LogP contribution < -0.4 is 9.62 Å². The van der Waals surface area contributed by atoms with Crippen LogP contribution in [0.2, 0.25) is 10.0 Å². The maximum absolute atomic E-state index is 13.4. The molecule has 32 heavy (non-hydrogen) atoms. The van der Waals surface area contributed by atoms with Gasteiger partial charge in [-0.2, -0.15) is 0 Å². The minimum Gasteiger partial charge on any atom is -0.477 e. The summed E-state index contributed by atoms with van der Waals surface area (Å²) < 4.78 is 27.7. The van der Waals surface area contributed by atoms with E-state index in [-0.39, 0.29) is 32.1 Å². The van der Waals surface area contributed by atoms with E-state index in [0.29, 0.717) is 5.56 Å². The molecule has 0 bridgehead atoms. The van der Waals surface area contributed by atoms with Crippen LogP contribution in [0.25, 0.3) is 0 Å². The molecule has 168 valence electrons. The summed E-state index contributed by atoms with van der Waals surface area (Å²) in [6.07, 6.45) is 0. The molecule has 0 radical (unpaired) electrons. The fourth-order valence-corrected chi connectivity index (χ4v) is 5.42. The second-order valence-corrected chi connectivity index (χ2v) is 10.4. The fourth-order valence-electron chi connectivity index (χ4n) is 2.79. The van der Waals surface area contributed by atoms with Gasteiger partial charge in [-0.25, -0.2) is 13.2 Å². The van der Waals surface area contributed by atoms with E-state index in [1.807, 2.05) is 6.92 Å². The fraction of sp³-hybridized carbons (Fsp3) is 0.143. The number of amides is 1. The lowest BCUT2D eigenvalue weighted by molar-refractivity contribution is -0.119. The lowest BCUT2D eigenvalue weighted by Crippen LogP contribution is -2.40. The van der Waals surface area contributed by atoms with Crippen LogP contribution in [0.1, 0.15) is 20.8 Å². The third-order valence-electron chi connectivity index (χ3n) is 4.45. The van der Waals surface area contributed by atoms with Crippen molar-refractivity contribution in [2.24, 2.45) is 0 Å². The minimum absolute atomic E-state index is 0.00147. The number of nitrogens with zero attached hydrogens (tertiary/aromatic N) is 1. The molecule has 0 unspecified atom stereocenters. The summed E-state index contributed by atoms with van der Waals surface area (Å²) in [4.78, 5) is 23.8. The van der Waals surface area contributed by atoms with Gasteiger partial charge in [-0.05, 0) is 48.2 Å². The summed E-state index contributed by atoms with van der Waals surface area (Å²) >= 11 is 13.4.